The Morgan fingerprint density at radius 2 is 1.59 bits per heavy atom. The predicted octanol–water partition coefficient (Wildman–Crippen LogP) is 5.36. The van der Waals surface area contributed by atoms with E-state index in [2.05, 4.69) is 4.74 Å². The van der Waals surface area contributed by atoms with E-state index in [1.807, 2.05) is 24.3 Å². The molecule has 3 rings (SSSR count). The topological polar surface area (TPSA) is 71.1 Å². The van der Waals surface area contributed by atoms with Crippen LogP contribution < -0.4 is 9.47 Å². The Hall–Kier alpha value is -3.87. The molecule has 6 nitrogen and oxygen atoms in total. The van der Waals surface area contributed by atoms with Crippen molar-refractivity contribution in [3.05, 3.63) is 95.3 Å². The summed E-state index contributed by atoms with van der Waals surface area (Å²) < 4.78 is 34.8. The molecule has 3 aromatic carbocycles. The third-order valence-corrected chi connectivity index (χ3v) is 4.87. The first-order valence-corrected chi connectivity index (χ1v) is 9.93. The average molecular weight is 438 g/mol. The van der Waals surface area contributed by atoms with Gasteiger partial charge in [-0.1, -0.05) is 36.4 Å². The van der Waals surface area contributed by atoms with Crippen molar-refractivity contribution in [1.29, 1.82) is 0 Å². The monoisotopic (exact) mass is 438 g/mol. The van der Waals surface area contributed by atoms with Crippen molar-refractivity contribution in [1.82, 2.24) is 0 Å². The van der Waals surface area contributed by atoms with E-state index < -0.39 is 17.9 Å². The van der Waals surface area contributed by atoms with Crippen LogP contribution in [0.2, 0.25) is 0 Å². The third-order valence-electron chi connectivity index (χ3n) is 4.87. The predicted molar refractivity (Wildman–Crippen MR) is 116 cm³/mol. The van der Waals surface area contributed by atoms with Crippen LogP contribution in [0.4, 0.5) is 9.18 Å². The highest BCUT2D eigenvalue weighted by atomic mass is 19.1. The standard InChI is InChI=1S/C25H23FO6/c1-29-20-10-6-7-17(15-20)21(18-11-12-22(23(26)16-18)24(27)30-2)13-14-31-25(28)32-19-8-4-3-5-9-19/h3-12,15-16,21H,13-14H2,1-2H3. The smallest absolute Gasteiger partial charge is 0.497 e. The fraction of sp³-hybridized carbons (Fsp3) is 0.200. The highest BCUT2D eigenvalue weighted by Crippen LogP contribution is 2.31. The zero-order chi connectivity index (χ0) is 22.9. The number of hydrogen-bond donors (Lipinski definition) is 0. The van der Waals surface area contributed by atoms with E-state index in [4.69, 9.17) is 14.2 Å². The molecule has 0 bridgehead atoms. The van der Waals surface area contributed by atoms with Gasteiger partial charge in [0, 0.05) is 5.92 Å². The second-order valence-electron chi connectivity index (χ2n) is 6.86. The fourth-order valence-electron chi connectivity index (χ4n) is 3.28. The number of ether oxygens (including phenoxy) is 4. The van der Waals surface area contributed by atoms with Crippen molar-refractivity contribution < 1.29 is 32.9 Å². The minimum absolute atomic E-state index is 0.0356. The molecule has 0 aliphatic heterocycles. The lowest BCUT2D eigenvalue weighted by Crippen LogP contribution is -2.14. The molecular weight excluding hydrogens is 415 g/mol. The summed E-state index contributed by atoms with van der Waals surface area (Å²) >= 11 is 0. The Balaban J connectivity index is 1.78. The van der Waals surface area contributed by atoms with Crippen LogP contribution in [-0.2, 0) is 9.47 Å². The number of benzene rings is 3. The zero-order valence-corrected chi connectivity index (χ0v) is 17.7. The first-order valence-electron chi connectivity index (χ1n) is 9.93. The van der Waals surface area contributed by atoms with Gasteiger partial charge >= 0.3 is 12.1 Å². The summed E-state index contributed by atoms with van der Waals surface area (Å²) in [6.45, 7) is 0.0356. The maximum absolute atomic E-state index is 14.6. The van der Waals surface area contributed by atoms with Crippen LogP contribution >= 0.6 is 0 Å². The molecule has 0 heterocycles. The lowest BCUT2D eigenvalue weighted by molar-refractivity contribution is 0.0595. The molecule has 0 aliphatic rings. The summed E-state index contributed by atoms with van der Waals surface area (Å²) in [5, 5.41) is 0. The number of para-hydroxylation sites is 1. The van der Waals surface area contributed by atoms with Crippen LogP contribution in [0, 0.1) is 5.82 Å². The Bertz CT molecular complexity index is 1070. The van der Waals surface area contributed by atoms with Gasteiger partial charge in [0.1, 0.15) is 17.3 Å². The van der Waals surface area contributed by atoms with Gasteiger partial charge < -0.3 is 18.9 Å². The van der Waals surface area contributed by atoms with Gasteiger partial charge in [0.2, 0.25) is 0 Å². The van der Waals surface area contributed by atoms with Gasteiger partial charge in [0.15, 0.2) is 0 Å². The molecule has 0 fully saturated rings. The summed E-state index contributed by atoms with van der Waals surface area (Å²) in [6.07, 6.45) is -0.471. The number of carbonyl (C=O) groups is 2. The molecule has 1 atom stereocenters. The first-order chi connectivity index (χ1) is 15.5. The second-order valence-corrected chi connectivity index (χ2v) is 6.86. The van der Waals surface area contributed by atoms with E-state index in [1.165, 1.54) is 19.2 Å². The first kappa shape index (κ1) is 22.8. The van der Waals surface area contributed by atoms with E-state index in [1.54, 1.807) is 43.5 Å². The molecule has 32 heavy (non-hydrogen) atoms. The molecule has 3 aromatic rings. The Kier molecular flexibility index (Phi) is 7.80. The van der Waals surface area contributed by atoms with E-state index in [0.717, 1.165) is 5.56 Å². The van der Waals surface area contributed by atoms with Gasteiger partial charge in [0.05, 0.1) is 26.4 Å². The summed E-state index contributed by atoms with van der Waals surface area (Å²) in [5.74, 6) is -0.743. The summed E-state index contributed by atoms with van der Waals surface area (Å²) in [7, 11) is 2.75. The van der Waals surface area contributed by atoms with Crippen molar-refractivity contribution in [2.45, 2.75) is 12.3 Å². The van der Waals surface area contributed by atoms with Crippen molar-refractivity contribution in [3.63, 3.8) is 0 Å². The number of esters is 1. The minimum Gasteiger partial charge on any atom is -0.497 e. The lowest BCUT2D eigenvalue weighted by Gasteiger charge is -2.19. The third kappa shape index (κ3) is 5.85. The highest BCUT2D eigenvalue weighted by molar-refractivity contribution is 5.89. The highest BCUT2D eigenvalue weighted by Gasteiger charge is 2.20. The maximum Gasteiger partial charge on any atom is 0.513 e. The molecule has 0 aromatic heterocycles. The molecule has 1 unspecified atom stereocenters. The molecule has 0 saturated heterocycles. The van der Waals surface area contributed by atoms with E-state index >= 15 is 0 Å². The molecule has 0 spiro atoms. The van der Waals surface area contributed by atoms with Crippen LogP contribution in [0.25, 0.3) is 0 Å². The van der Waals surface area contributed by atoms with Crippen molar-refractivity contribution in [2.24, 2.45) is 0 Å². The fourth-order valence-corrected chi connectivity index (χ4v) is 3.28. The average Bonchev–Trinajstić information content (AvgIpc) is 2.82. The van der Waals surface area contributed by atoms with Gasteiger partial charge in [0.25, 0.3) is 0 Å². The van der Waals surface area contributed by atoms with Crippen molar-refractivity contribution >= 4 is 12.1 Å². The van der Waals surface area contributed by atoms with Crippen molar-refractivity contribution in [2.75, 3.05) is 20.8 Å². The molecule has 0 radical (unpaired) electrons. The van der Waals surface area contributed by atoms with Gasteiger partial charge in [-0.2, -0.15) is 0 Å². The van der Waals surface area contributed by atoms with Crippen LogP contribution in [-0.4, -0.2) is 33.0 Å². The van der Waals surface area contributed by atoms with Crippen LogP contribution in [0.3, 0.4) is 0 Å². The number of hydrogen-bond acceptors (Lipinski definition) is 6. The summed E-state index contributed by atoms with van der Waals surface area (Å²) in [4.78, 5) is 23.7. The SMILES string of the molecule is COC(=O)c1ccc(C(CCOC(=O)Oc2ccccc2)c2cccc(OC)c2)cc1F. The number of rotatable bonds is 8. The summed E-state index contributed by atoms with van der Waals surface area (Å²) in [5.41, 5.74) is 1.31. The lowest BCUT2D eigenvalue weighted by atomic mass is 9.88. The minimum atomic E-state index is -0.826. The molecule has 0 amide bonds. The van der Waals surface area contributed by atoms with E-state index in [0.29, 0.717) is 23.5 Å². The van der Waals surface area contributed by atoms with Gasteiger partial charge in [-0.15, -0.1) is 0 Å². The van der Waals surface area contributed by atoms with Crippen LogP contribution in [0.1, 0.15) is 33.8 Å². The Labute approximate surface area is 185 Å². The van der Waals surface area contributed by atoms with Crippen molar-refractivity contribution in [3.8, 4) is 11.5 Å². The normalized spacial score (nSPS) is 11.3. The summed E-state index contributed by atoms with van der Waals surface area (Å²) in [6, 6.07) is 20.2. The molecule has 0 aliphatic carbocycles. The Morgan fingerprint density at radius 1 is 0.875 bits per heavy atom. The number of halogens is 1. The number of methoxy groups -OCH3 is 2. The largest absolute Gasteiger partial charge is 0.513 e. The molecule has 7 heteroatoms. The maximum atomic E-state index is 14.6. The zero-order valence-electron chi connectivity index (χ0n) is 17.7. The molecule has 166 valence electrons. The van der Waals surface area contributed by atoms with Gasteiger partial charge in [-0.25, -0.2) is 14.0 Å². The molecule has 0 N–H and O–H groups in total. The van der Waals surface area contributed by atoms with E-state index in [-0.39, 0.29) is 18.1 Å². The quantitative estimate of drug-likeness (QED) is 0.348. The van der Waals surface area contributed by atoms with E-state index in [9.17, 15) is 14.0 Å². The van der Waals surface area contributed by atoms with Crippen LogP contribution in [0.15, 0.2) is 72.8 Å². The van der Waals surface area contributed by atoms with Crippen LogP contribution in [0.5, 0.6) is 11.5 Å². The molecule has 0 saturated carbocycles. The number of carbonyl (C=O) groups excluding carboxylic acids is 2. The van der Waals surface area contributed by atoms with Gasteiger partial charge in [-0.05, 0) is 53.9 Å². The van der Waals surface area contributed by atoms with Gasteiger partial charge in [-0.3, -0.25) is 0 Å². The molecular formula is C25H23FO6. The second kappa shape index (κ2) is 10.9. The Morgan fingerprint density at radius 3 is 2.28 bits per heavy atom.